The second kappa shape index (κ2) is 8.12. The Balaban J connectivity index is 1.91. The van der Waals surface area contributed by atoms with E-state index in [1.165, 1.54) is 6.07 Å². The van der Waals surface area contributed by atoms with Crippen molar-refractivity contribution in [3.63, 3.8) is 0 Å². The van der Waals surface area contributed by atoms with Crippen LogP contribution in [0.2, 0.25) is 0 Å². The van der Waals surface area contributed by atoms with Gasteiger partial charge in [0.25, 0.3) is 11.6 Å². The van der Waals surface area contributed by atoms with Crippen molar-refractivity contribution in [2.45, 2.75) is 51.2 Å². The van der Waals surface area contributed by atoms with Crippen molar-refractivity contribution in [2.75, 3.05) is 30.4 Å². The number of anilines is 2. The molecule has 2 fully saturated rings. The molecule has 27 heavy (non-hydrogen) atoms. The lowest BCUT2D eigenvalue weighted by Gasteiger charge is -2.28. The topological polar surface area (TPSA) is 108 Å². The normalized spacial score (nSPS) is 25.3. The van der Waals surface area contributed by atoms with Crippen LogP contribution in [0.25, 0.3) is 0 Å². The zero-order valence-electron chi connectivity index (χ0n) is 15.9. The molecular formula is C19H28N4O4. The van der Waals surface area contributed by atoms with E-state index in [1.54, 1.807) is 13.1 Å². The summed E-state index contributed by atoms with van der Waals surface area (Å²) in [6.07, 6.45) is 4.19. The third-order valence-electron chi connectivity index (χ3n) is 5.68. The highest BCUT2D eigenvalue weighted by Crippen LogP contribution is 2.35. The molecule has 1 aliphatic heterocycles. The number of aliphatic hydroxyl groups excluding tert-OH is 1. The van der Waals surface area contributed by atoms with Crippen LogP contribution in [-0.2, 0) is 0 Å². The molecule has 1 saturated carbocycles. The molecule has 0 spiro atoms. The quantitative estimate of drug-likeness (QED) is 0.538. The fraction of sp³-hybridized carbons (Fsp3) is 0.632. The molecule has 1 atom stereocenters. The first kappa shape index (κ1) is 19.4. The molecular weight excluding hydrogens is 348 g/mol. The molecule has 1 unspecified atom stereocenters. The summed E-state index contributed by atoms with van der Waals surface area (Å²) in [4.78, 5) is 25.9. The maximum absolute atomic E-state index is 13.0. The van der Waals surface area contributed by atoms with E-state index in [-0.39, 0.29) is 17.6 Å². The molecule has 3 rings (SSSR count). The zero-order valence-corrected chi connectivity index (χ0v) is 15.9. The molecule has 0 radical (unpaired) electrons. The summed E-state index contributed by atoms with van der Waals surface area (Å²) < 4.78 is 0. The predicted octanol–water partition coefficient (Wildman–Crippen LogP) is 2.52. The van der Waals surface area contributed by atoms with Crippen LogP contribution >= 0.6 is 0 Å². The first-order valence-electron chi connectivity index (χ1n) is 9.63. The molecule has 2 aliphatic rings. The molecule has 1 aliphatic carbocycles. The molecule has 3 N–H and O–H groups in total. The van der Waals surface area contributed by atoms with Crippen LogP contribution in [0.1, 0.15) is 49.4 Å². The number of aliphatic hydroxyl groups is 1. The van der Waals surface area contributed by atoms with E-state index in [9.17, 15) is 20.0 Å². The van der Waals surface area contributed by atoms with Crippen molar-refractivity contribution in [1.82, 2.24) is 5.32 Å². The lowest BCUT2D eigenvalue weighted by Crippen LogP contribution is -2.38. The number of carbonyl (C=O) groups excluding carboxylic acids is 1. The molecule has 8 heteroatoms. The van der Waals surface area contributed by atoms with Crippen LogP contribution in [0.5, 0.6) is 0 Å². The van der Waals surface area contributed by atoms with E-state index in [1.807, 2.05) is 4.90 Å². The number of nitrogens with one attached hydrogen (secondary N) is 2. The van der Waals surface area contributed by atoms with Crippen molar-refractivity contribution in [2.24, 2.45) is 5.92 Å². The van der Waals surface area contributed by atoms with Gasteiger partial charge in [0.15, 0.2) is 0 Å². The summed E-state index contributed by atoms with van der Waals surface area (Å²) in [5.74, 6) is 0.396. The molecule has 1 amide bonds. The zero-order chi connectivity index (χ0) is 19.6. The minimum Gasteiger partial charge on any atom is -0.391 e. The second-order valence-electron chi connectivity index (χ2n) is 7.71. The number of carbonyl (C=O) groups is 1. The van der Waals surface area contributed by atoms with Gasteiger partial charge in [-0.1, -0.05) is 6.92 Å². The average molecular weight is 376 g/mol. The predicted molar refractivity (Wildman–Crippen MR) is 104 cm³/mol. The van der Waals surface area contributed by atoms with E-state index >= 15 is 0 Å². The van der Waals surface area contributed by atoms with Gasteiger partial charge in [0.2, 0.25) is 0 Å². The fourth-order valence-electron chi connectivity index (χ4n) is 4.00. The number of nitrogens with zero attached hydrogens (tertiary/aromatic N) is 2. The number of nitro groups is 1. The summed E-state index contributed by atoms with van der Waals surface area (Å²) in [6, 6.07) is 3.11. The Bertz CT molecular complexity index is 716. The van der Waals surface area contributed by atoms with Gasteiger partial charge in [-0.25, -0.2) is 0 Å². The van der Waals surface area contributed by atoms with Crippen LogP contribution < -0.4 is 15.5 Å². The van der Waals surface area contributed by atoms with Crippen LogP contribution in [0.15, 0.2) is 12.1 Å². The van der Waals surface area contributed by atoms with Gasteiger partial charge in [-0.2, -0.15) is 0 Å². The second-order valence-corrected chi connectivity index (χ2v) is 7.71. The molecule has 0 bridgehead atoms. The van der Waals surface area contributed by atoms with Gasteiger partial charge in [0.1, 0.15) is 5.69 Å². The summed E-state index contributed by atoms with van der Waals surface area (Å²) in [6.45, 7) is 3.25. The molecule has 8 nitrogen and oxygen atoms in total. The molecule has 1 aromatic carbocycles. The summed E-state index contributed by atoms with van der Waals surface area (Å²) in [5.41, 5.74) is 1.17. The first-order chi connectivity index (χ1) is 12.9. The van der Waals surface area contributed by atoms with Crippen molar-refractivity contribution in [3.05, 3.63) is 27.8 Å². The highest BCUT2D eigenvalue weighted by atomic mass is 16.6. The number of rotatable bonds is 5. The third-order valence-corrected chi connectivity index (χ3v) is 5.68. The largest absolute Gasteiger partial charge is 0.391 e. The number of amides is 1. The smallest absolute Gasteiger partial charge is 0.293 e. The van der Waals surface area contributed by atoms with Gasteiger partial charge in [-0.15, -0.1) is 0 Å². The van der Waals surface area contributed by atoms with E-state index in [0.717, 1.165) is 25.7 Å². The SMILES string of the molecule is CNc1cc(N2CCC(O)C2)c(C(=O)N[C@H]2CC[C@H](C)CC2)cc1[N+](=O)[O-]. The van der Waals surface area contributed by atoms with Gasteiger partial charge in [0, 0.05) is 32.2 Å². The maximum atomic E-state index is 13.0. The fourth-order valence-corrected chi connectivity index (χ4v) is 4.00. The molecule has 148 valence electrons. The summed E-state index contributed by atoms with van der Waals surface area (Å²) in [7, 11) is 1.62. The number of hydrogen-bond acceptors (Lipinski definition) is 6. The minimum absolute atomic E-state index is 0.105. The van der Waals surface area contributed by atoms with Gasteiger partial charge >= 0.3 is 0 Å². The van der Waals surface area contributed by atoms with Crippen molar-refractivity contribution in [1.29, 1.82) is 0 Å². The van der Waals surface area contributed by atoms with Gasteiger partial charge in [-0.3, -0.25) is 14.9 Å². The van der Waals surface area contributed by atoms with Crippen LogP contribution in [0, 0.1) is 16.0 Å². The van der Waals surface area contributed by atoms with Crippen LogP contribution in [0.4, 0.5) is 17.1 Å². The molecule has 1 aromatic rings. The lowest BCUT2D eigenvalue weighted by molar-refractivity contribution is -0.383. The Kier molecular flexibility index (Phi) is 5.84. The number of nitro benzene ring substituents is 1. The number of hydrogen-bond donors (Lipinski definition) is 3. The van der Waals surface area contributed by atoms with Crippen molar-refractivity contribution in [3.8, 4) is 0 Å². The number of β-amino-alcohol motifs (C(OH)–C–C–N with tert-alkyl or cyclic N) is 1. The Morgan fingerprint density at radius 3 is 2.52 bits per heavy atom. The van der Waals surface area contributed by atoms with Crippen molar-refractivity contribution < 1.29 is 14.8 Å². The van der Waals surface area contributed by atoms with Gasteiger partial charge in [0.05, 0.1) is 22.3 Å². The third kappa shape index (κ3) is 4.32. The van der Waals surface area contributed by atoms with Gasteiger partial charge < -0.3 is 20.6 Å². The van der Waals surface area contributed by atoms with Crippen molar-refractivity contribution >= 4 is 23.0 Å². The Hall–Kier alpha value is -2.35. The van der Waals surface area contributed by atoms with Gasteiger partial charge in [-0.05, 0) is 44.1 Å². The highest BCUT2D eigenvalue weighted by molar-refractivity contribution is 6.02. The molecule has 1 heterocycles. The summed E-state index contributed by atoms with van der Waals surface area (Å²) in [5, 5.41) is 27.2. The average Bonchev–Trinajstić information content (AvgIpc) is 3.08. The Morgan fingerprint density at radius 2 is 1.96 bits per heavy atom. The Labute approximate surface area is 159 Å². The summed E-state index contributed by atoms with van der Waals surface area (Å²) >= 11 is 0. The van der Waals surface area contributed by atoms with E-state index < -0.39 is 11.0 Å². The van der Waals surface area contributed by atoms with Crippen LogP contribution in [-0.4, -0.2) is 48.2 Å². The highest BCUT2D eigenvalue weighted by Gasteiger charge is 2.29. The van der Waals surface area contributed by atoms with E-state index in [4.69, 9.17) is 0 Å². The van der Waals surface area contributed by atoms with Crippen LogP contribution in [0.3, 0.4) is 0 Å². The number of benzene rings is 1. The first-order valence-corrected chi connectivity index (χ1v) is 9.63. The molecule has 1 saturated heterocycles. The lowest BCUT2D eigenvalue weighted by atomic mass is 9.87. The van der Waals surface area contributed by atoms with E-state index in [0.29, 0.717) is 42.4 Å². The standard InChI is InChI=1S/C19H28N4O4/c1-12-3-5-13(6-4-12)21-19(25)15-9-18(23(26)27)16(20-2)10-17(15)22-8-7-14(24)11-22/h9-10,12-14,20,24H,3-8,11H2,1-2H3,(H,21,25)/t12-,13-,14?. The van der Waals surface area contributed by atoms with E-state index in [2.05, 4.69) is 17.6 Å². The Morgan fingerprint density at radius 1 is 1.26 bits per heavy atom. The minimum atomic E-state index is -0.479. The molecule has 0 aromatic heterocycles. The monoisotopic (exact) mass is 376 g/mol. The maximum Gasteiger partial charge on any atom is 0.293 e.